The molecule has 5 heteroatoms. The van der Waals surface area contributed by atoms with Crippen LogP contribution in [-0.2, 0) is 0 Å². The zero-order valence-corrected chi connectivity index (χ0v) is 11.1. The molecule has 0 aromatic heterocycles. The van der Waals surface area contributed by atoms with Crippen molar-refractivity contribution in [3.05, 3.63) is 0 Å². The molecule has 0 aromatic rings. The largest absolute Gasteiger partial charge is 0.336 e. The first-order valence-corrected chi connectivity index (χ1v) is 5.55. The van der Waals surface area contributed by atoms with Gasteiger partial charge in [-0.1, -0.05) is 20.8 Å². The van der Waals surface area contributed by atoms with Crippen molar-refractivity contribution in [2.45, 2.75) is 59.7 Å². The average molecular weight is 228 g/mol. The highest BCUT2D eigenvalue weighted by Gasteiger charge is 2.31. The number of urea groups is 1. The van der Waals surface area contributed by atoms with Gasteiger partial charge in [-0.25, -0.2) is 10.3 Å². The predicted octanol–water partition coefficient (Wildman–Crippen LogP) is 2.88. The lowest BCUT2D eigenvalue weighted by molar-refractivity contribution is 0.199. The maximum atomic E-state index is 11.5. The standard InChI is InChI=1S/C11H24N4O/c1-8(2)13-9(16)14-11(6,15-12)7-10(3,4)5/h8,12H,7H2,1-6H3,(H2,13,14,16). The first-order chi connectivity index (χ1) is 7.08. The molecule has 2 amide bonds. The summed E-state index contributed by atoms with van der Waals surface area (Å²) in [4.78, 5) is 11.5. The summed E-state index contributed by atoms with van der Waals surface area (Å²) in [7, 11) is 0. The van der Waals surface area contributed by atoms with Crippen molar-refractivity contribution in [1.29, 1.82) is 5.53 Å². The van der Waals surface area contributed by atoms with Crippen LogP contribution in [0.25, 0.3) is 0 Å². The molecule has 0 aliphatic heterocycles. The summed E-state index contributed by atoms with van der Waals surface area (Å²) >= 11 is 0. The first kappa shape index (κ1) is 14.9. The van der Waals surface area contributed by atoms with Crippen molar-refractivity contribution >= 4 is 6.03 Å². The Morgan fingerprint density at radius 3 is 2.12 bits per heavy atom. The van der Waals surface area contributed by atoms with E-state index in [2.05, 4.69) is 36.5 Å². The van der Waals surface area contributed by atoms with Gasteiger partial charge < -0.3 is 10.6 Å². The van der Waals surface area contributed by atoms with Gasteiger partial charge in [-0.2, -0.15) is 5.11 Å². The van der Waals surface area contributed by atoms with Crippen LogP contribution in [0.1, 0.15) is 48.0 Å². The molecule has 0 heterocycles. The van der Waals surface area contributed by atoms with E-state index in [9.17, 15) is 4.79 Å². The molecule has 3 N–H and O–H groups in total. The third kappa shape index (κ3) is 6.37. The Balaban J connectivity index is 4.48. The van der Waals surface area contributed by atoms with Crippen LogP contribution in [0.3, 0.4) is 0 Å². The molecule has 0 aliphatic carbocycles. The average Bonchev–Trinajstić information content (AvgIpc) is 1.98. The Kier molecular flexibility index (Phi) is 4.90. The number of amides is 2. The molecular formula is C11H24N4O. The van der Waals surface area contributed by atoms with Gasteiger partial charge >= 0.3 is 6.03 Å². The van der Waals surface area contributed by atoms with E-state index in [0.717, 1.165) is 0 Å². The molecule has 0 aliphatic rings. The van der Waals surface area contributed by atoms with Gasteiger partial charge in [0.05, 0.1) is 0 Å². The van der Waals surface area contributed by atoms with Gasteiger partial charge in [0.15, 0.2) is 5.66 Å². The van der Waals surface area contributed by atoms with E-state index in [0.29, 0.717) is 6.42 Å². The van der Waals surface area contributed by atoms with Crippen molar-refractivity contribution in [3.8, 4) is 0 Å². The monoisotopic (exact) mass is 228 g/mol. The van der Waals surface area contributed by atoms with E-state index in [-0.39, 0.29) is 17.5 Å². The summed E-state index contributed by atoms with van der Waals surface area (Å²) in [6.07, 6.45) is 0.620. The topological polar surface area (TPSA) is 77.3 Å². The molecule has 0 saturated heterocycles. The van der Waals surface area contributed by atoms with E-state index in [4.69, 9.17) is 5.53 Å². The maximum Gasteiger partial charge on any atom is 0.316 e. The number of hydrogen-bond acceptors (Lipinski definition) is 3. The zero-order valence-electron chi connectivity index (χ0n) is 11.1. The van der Waals surface area contributed by atoms with Crippen molar-refractivity contribution < 1.29 is 4.79 Å². The molecule has 0 bridgehead atoms. The van der Waals surface area contributed by atoms with Gasteiger partial charge in [0, 0.05) is 6.04 Å². The number of nitrogens with one attached hydrogen (secondary N) is 3. The maximum absolute atomic E-state index is 11.5. The molecule has 0 spiro atoms. The molecule has 0 fully saturated rings. The molecule has 0 saturated carbocycles. The van der Waals surface area contributed by atoms with Crippen LogP contribution in [0.4, 0.5) is 4.79 Å². The molecular weight excluding hydrogens is 204 g/mol. The second-order valence-electron chi connectivity index (χ2n) is 5.88. The molecule has 16 heavy (non-hydrogen) atoms. The molecule has 1 unspecified atom stereocenters. The summed E-state index contributed by atoms with van der Waals surface area (Å²) in [5.74, 6) is 0. The Hall–Kier alpha value is -1.13. The molecule has 5 nitrogen and oxygen atoms in total. The molecule has 0 radical (unpaired) electrons. The number of nitrogens with zero attached hydrogens (tertiary/aromatic N) is 1. The van der Waals surface area contributed by atoms with Crippen molar-refractivity contribution in [2.75, 3.05) is 0 Å². The van der Waals surface area contributed by atoms with E-state index in [1.165, 1.54) is 0 Å². The van der Waals surface area contributed by atoms with Gasteiger partial charge in [0.25, 0.3) is 0 Å². The number of carbonyl (C=O) groups is 1. The lowest BCUT2D eigenvalue weighted by Gasteiger charge is -2.32. The smallest absolute Gasteiger partial charge is 0.316 e. The summed E-state index contributed by atoms with van der Waals surface area (Å²) in [6, 6.07) is -0.206. The zero-order chi connectivity index (χ0) is 13.0. The summed E-state index contributed by atoms with van der Waals surface area (Å²) in [5.41, 5.74) is 6.36. The highest BCUT2D eigenvalue weighted by atomic mass is 16.2. The van der Waals surface area contributed by atoms with Gasteiger partial charge in [0.1, 0.15) is 0 Å². The highest BCUT2D eigenvalue weighted by molar-refractivity contribution is 5.74. The molecule has 94 valence electrons. The van der Waals surface area contributed by atoms with Crippen LogP contribution >= 0.6 is 0 Å². The van der Waals surface area contributed by atoms with E-state index in [1.807, 2.05) is 13.8 Å². The Bertz CT molecular complexity index is 257. The van der Waals surface area contributed by atoms with Gasteiger partial charge in [-0.15, -0.1) is 0 Å². The third-order valence-corrected chi connectivity index (χ3v) is 1.92. The van der Waals surface area contributed by atoms with Gasteiger partial charge in [-0.05, 0) is 32.6 Å². The van der Waals surface area contributed by atoms with Crippen LogP contribution in [0.15, 0.2) is 5.11 Å². The van der Waals surface area contributed by atoms with Crippen LogP contribution in [0, 0.1) is 10.9 Å². The highest BCUT2D eigenvalue weighted by Crippen LogP contribution is 2.27. The third-order valence-electron chi connectivity index (χ3n) is 1.92. The number of rotatable bonds is 4. The number of carbonyl (C=O) groups excluding carboxylic acids is 1. The minimum absolute atomic E-state index is 0.00438. The van der Waals surface area contributed by atoms with E-state index < -0.39 is 5.66 Å². The minimum Gasteiger partial charge on any atom is -0.336 e. The first-order valence-electron chi connectivity index (χ1n) is 5.55. The van der Waals surface area contributed by atoms with Crippen LogP contribution < -0.4 is 10.6 Å². The predicted molar refractivity (Wildman–Crippen MR) is 64.4 cm³/mol. The number of hydrogen-bond donors (Lipinski definition) is 3. The molecule has 0 rings (SSSR count). The minimum atomic E-state index is -0.836. The van der Waals surface area contributed by atoms with Crippen molar-refractivity contribution in [1.82, 2.24) is 10.6 Å². The lowest BCUT2D eigenvalue weighted by Crippen LogP contribution is -2.51. The lowest BCUT2D eigenvalue weighted by atomic mass is 9.85. The Labute approximate surface area is 97.9 Å². The van der Waals surface area contributed by atoms with Crippen molar-refractivity contribution in [3.63, 3.8) is 0 Å². The second kappa shape index (κ2) is 5.27. The van der Waals surface area contributed by atoms with Crippen LogP contribution in [0.2, 0.25) is 0 Å². The second-order valence-corrected chi connectivity index (χ2v) is 5.88. The van der Waals surface area contributed by atoms with E-state index in [1.54, 1.807) is 6.92 Å². The van der Waals surface area contributed by atoms with Crippen LogP contribution in [-0.4, -0.2) is 17.7 Å². The van der Waals surface area contributed by atoms with Gasteiger partial charge in [-0.3, -0.25) is 0 Å². The fourth-order valence-corrected chi connectivity index (χ4v) is 1.69. The SMILES string of the molecule is CC(C)NC(=O)NC(C)(CC(C)(C)C)N=N. The summed E-state index contributed by atoms with van der Waals surface area (Å²) < 4.78 is 0. The Morgan fingerprint density at radius 2 is 1.81 bits per heavy atom. The fraction of sp³-hybridized carbons (Fsp3) is 0.909. The summed E-state index contributed by atoms with van der Waals surface area (Å²) in [6.45, 7) is 11.7. The quantitative estimate of drug-likeness (QED) is 0.636. The van der Waals surface area contributed by atoms with Crippen LogP contribution in [0.5, 0.6) is 0 Å². The Morgan fingerprint density at radius 1 is 1.31 bits per heavy atom. The normalized spacial score (nSPS) is 15.4. The molecule has 0 aromatic carbocycles. The van der Waals surface area contributed by atoms with E-state index >= 15 is 0 Å². The fourth-order valence-electron chi connectivity index (χ4n) is 1.69. The van der Waals surface area contributed by atoms with Crippen molar-refractivity contribution in [2.24, 2.45) is 10.5 Å². The van der Waals surface area contributed by atoms with Gasteiger partial charge in [0.2, 0.25) is 0 Å². The summed E-state index contributed by atoms with van der Waals surface area (Å²) in [5, 5.41) is 8.98. The molecule has 1 atom stereocenters.